The second kappa shape index (κ2) is 4.86. The minimum absolute atomic E-state index is 0.0732. The molecule has 92 valence electrons. The molecule has 0 aromatic heterocycles. The molecule has 0 aliphatic heterocycles. The van der Waals surface area contributed by atoms with Gasteiger partial charge in [-0.2, -0.15) is 0 Å². The first kappa shape index (κ1) is 12.7. The molecule has 1 N–H and O–H groups in total. The standard InChI is InChI=1S/C13H7BrF2O2/c14-10-4-8(3-9(5-10)13(17)18)7-1-2-11(15)12(16)6-7/h1-6H,(H,17,18). The van der Waals surface area contributed by atoms with Crippen LogP contribution in [0, 0.1) is 11.6 Å². The summed E-state index contributed by atoms with van der Waals surface area (Å²) in [5.41, 5.74) is 0.988. The third-order valence-electron chi connectivity index (χ3n) is 2.40. The van der Waals surface area contributed by atoms with Gasteiger partial charge in [0.1, 0.15) is 0 Å². The summed E-state index contributed by atoms with van der Waals surface area (Å²) in [5, 5.41) is 8.92. The molecule has 0 unspecified atom stereocenters. The Balaban J connectivity index is 2.56. The Bertz CT molecular complexity index is 626. The normalized spacial score (nSPS) is 10.4. The van der Waals surface area contributed by atoms with Crippen molar-refractivity contribution in [2.45, 2.75) is 0 Å². The van der Waals surface area contributed by atoms with Crippen LogP contribution in [0.3, 0.4) is 0 Å². The van der Waals surface area contributed by atoms with E-state index in [1.807, 2.05) is 0 Å². The van der Waals surface area contributed by atoms with Crippen LogP contribution in [0.4, 0.5) is 8.78 Å². The van der Waals surface area contributed by atoms with Crippen molar-refractivity contribution in [2.24, 2.45) is 0 Å². The van der Waals surface area contributed by atoms with Crippen LogP contribution in [0.2, 0.25) is 0 Å². The maximum Gasteiger partial charge on any atom is 0.335 e. The Labute approximate surface area is 110 Å². The molecule has 0 saturated heterocycles. The van der Waals surface area contributed by atoms with Crippen LogP contribution < -0.4 is 0 Å². The molecular formula is C13H7BrF2O2. The van der Waals surface area contributed by atoms with Gasteiger partial charge in [-0.15, -0.1) is 0 Å². The van der Waals surface area contributed by atoms with Crippen LogP contribution in [-0.4, -0.2) is 11.1 Å². The minimum atomic E-state index is -1.08. The lowest BCUT2D eigenvalue weighted by molar-refractivity contribution is 0.0697. The van der Waals surface area contributed by atoms with Crippen LogP contribution in [0.5, 0.6) is 0 Å². The molecule has 2 nitrogen and oxygen atoms in total. The van der Waals surface area contributed by atoms with Crippen molar-refractivity contribution in [2.75, 3.05) is 0 Å². The van der Waals surface area contributed by atoms with Crippen molar-refractivity contribution in [1.29, 1.82) is 0 Å². The van der Waals surface area contributed by atoms with E-state index in [1.165, 1.54) is 18.2 Å². The lowest BCUT2D eigenvalue weighted by atomic mass is 10.0. The lowest BCUT2D eigenvalue weighted by Gasteiger charge is -2.05. The predicted octanol–water partition coefficient (Wildman–Crippen LogP) is 4.09. The Hall–Kier alpha value is -1.75. The number of halogens is 3. The van der Waals surface area contributed by atoms with Gasteiger partial charge in [-0.3, -0.25) is 0 Å². The molecule has 2 rings (SSSR count). The minimum Gasteiger partial charge on any atom is -0.478 e. The van der Waals surface area contributed by atoms with Gasteiger partial charge in [0, 0.05) is 4.47 Å². The smallest absolute Gasteiger partial charge is 0.335 e. The maximum atomic E-state index is 13.1. The lowest BCUT2D eigenvalue weighted by Crippen LogP contribution is -1.96. The molecule has 0 heterocycles. The first-order valence-corrected chi connectivity index (χ1v) is 5.76. The molecule has 2 aromatic carbocycles. The summed E-state index contributed by atoms with van der Waals surface area (Å²) >= 11 is 3.18. The number of carboxylic acid groups (broad SMARTS) is 1. The molecule has 0 aliphatic carbocycles. The number of benzene rings is 2. The van der Waals surface area contributed by atoms with Crippen LogP contribution in [-0.2, 0) is 0 Å². The van der Waals surface area contributed by atoms with Crippen molar-refractivity contribution < 1.29 is 18.7 Å². The number of hydrogen-bond acceptors (Lipinski definition) is 1. The van der Waals surface area contributed by atoms with E-state index >= 15 is 0 Å². The molecular weight excluding hydrogens is 306 g/mol. The van der Waals surface area contributed by atoms with E-state index in [0.717, 1.165) is 12.1 Å². The first-order chi connectivity index (χ1) is 8.47. The molecule has 0 atom stereocenters. The largest absolute Gasteiger partial charge is 0.478 e. The molecule has 0 radical (unpaired) electrons. The fourth-order valence-electron chi connectivity index (χ4n) is 1.56. The van der Waals surface area contributed by atoms with Gasteiger partial charge in [0.15, 0.2) is 11.6 Å². The van der Waals surface area contributed by atoms with Gasteiger partial charge in [0.2, 0.25) is 0 Å². The summed E-state index contributed by atoms with van der Waals surface area (Å²) in [4.78, 5) is 10.9. The quantitative estimate of drug-likeness (QED) is 0.906. The highest BCUT2D eigenvalue weighted by Gasteiger charge is 2.09. The second-order valence-corrected chi connectivity index (χ2v) is 4.58. The number of rotatable bonds is 2. The molecule has 18 heavy (non-hydrogen) atoms. The van der Waals surface area contributed by atoms with Gasteiger partial charge in [-0.25, -0.2) is 13.6 Å². The zero-order valence-corrected chi connectivity index (χ0v) is 10.5. The van der Waals surface area contributed by atoms with Crippen LogP contribution in [0.25, 0.3) is 11.1 Å². The van der Waals surface area contributed by atoms with Gasteiger partial charge in [-0.1, -0.05) is 22.0 Å². The van der Waals surface area contributed by atoms with Crippen molar-refractivity contribution in [3.63, 3.8) is 0 Å². The summed E-state index contributed by atoms with van der Waals surface area (Å²) in [5.74, 6) is -2.99. The Morgan fingerprint density at radius 2 is 1.72 bits per heavy atom. The summed E-state index contributed by atoms with van der Waals surface area (Å²) in [6.07, 6.45) is 0. The third kappa shape index (κ3) is 2.56. The number of aromatic carboxylic acids is 1. The zero-order valence-electron chi connectivity index (χ0n) is 8.95. The van der Waals surface area contributed by atoms with Crippen LogP contribution in [0.1, 0.15) is 10.4 Å². The highest BCUT2D eigenvalue weighted by atomic mass is 79.9. The van der Waals surface area contributed by atoms with E-state index in [9.17, 15) is 13.6 Å². The number of carboxylic acids is 1. The van der Waals surface area contributed by atoms with E-state index in [0.29, 0.717) is 15.6 Å². The van der Waals surface area contributed by atoms with Crippen molar-refractivity contribution in [1.82, 2.24) is 0 Å². The van der Waals surface area contributed by atoms with Crippen molar-refractivity contribution in [3.05, 3.63) is 58.1 Å². The molecule has 0 fully saturated rings. The average molecular weight is 313 g/mol. The summed E-state index contributed by atoms with van der Waals surface area (Å²) in [6.45, 7) is 0. The molecule has 2 aromatic rings. The van der Waals surface area contributed by atoms with E-state index < -0.39 is 17.6 Å². The first-order valence-electron chi connectivity index (χ1n) is 4.96. The highest BCUT2D eigenvalue weighted by molar-refractivity contribution is 9.10. The fourth-order valence-corrected chi connectivity index (χ4v) is 2.05. The molecule has 0 saturated carbocycles. The number of hydrogen-bond donors (Lipinski definition) is 1. The van der Waals surface area contributed by atoms with Gasteiger partial charge < -0.3 is 5.11 Å². The summed E-state index contributed by atoms with van der Waals surface area (Å²) in [6, 6.07) is 7.91. The Morgan fingerprint density at radius 1 is 1.00 bits per heavy atom. The number of carbonyl (C=O) groups is 1. The molecule has 0 aliphatic rings. The van der Waals surface area contributed by atoms with Crippen LogP contribution >= 0.6 is 15.9 Å². The third-order valence-corrected chi connectivity index (χ3v) is 2.86. The fraction of sp³-hybridized carbons (Fsp3) is 0. The van der Waals surface area contributed by atoms with Gasteiger partial charge >= 0.3 is 5.97 Å². The molecule has 0 amide bonds. The van der Waals surface area contributed by atoms with Crippen molar-refractivity contribution >= 4 is 21.9 Å². The Kier molecular flexibility index (Phi) is 3.43. The Morgan fingerprint density at radius 3 is 2.33 bits per heavy atom. The van der Waals surface area contributed by atoms with E-state index in [-0.39, 0.29) is 5.56 Å². The van der Waals surface area contributed by atoms with Crippen molar-refractivity contribution in [3.8, 4) is 11.1 Å². The van der Waals surface area contributed by atoms with Gasteiger partial charge in [0.25, 0.3) is 0 Å². The monoisotopic (exact) mass is 312 g/mol. The predicted molar refractivity (Wildman–Crippen MR) is 66.5 cm³/mol. The maximum absolute atomic E-state index is 13.1. The van der Waals surface area contributed by atoms with E-state index in [2.05, 4.69) is 15.9 Å². The molecule has 0 bridgehead atoms. The van der Waals surface area contributed by atoms with E-state index in [1.54, 1.807) is 6.07 Å². The summed E-state index contributed by atoms with van der Waals surface area (Å²) in [7, 11) is 0. The van der Waals surface area contributed by atoms with Crippen LogP contribution in [0.15, 0.2) is 40.9 Å². The zero-order chi connectivity index (χ0) is 13.3. The van der Waals surface area contributed by atoms with E-state index in [4.69, 9.17) is 5.11 Å². The topological polar surface area (TPSA) is 37.3 Å². The second-order valence-electron chi connectivity index (χ2n) is 3.66. The average Bonchev–Trinajstić information content (AvgIpc) is 2.31. The molecule has 5 heteroatoms. The summed E-state index contributed by atoms with van der Waals surface area (Å²) < 4.78 is 26.5. The highest BCUT2D eigenvalue weighted by Crippen LogP contribution is 2.26. The van der Waals surface area contributed by atoms with Gasteiger partial charge in [-0.05, 0) is 41.5 Å². The van der Waals surface area contributed by atoms with Gasteiger partial charge in [0.05, 0.1) is 5.56 Å². The SMILES string of the molecule is O=C(O)c1cc(Br)cc(-c2ccc(F)c(F)c2)c1. The molecule has 0 spiro atoms.